The van der Waals surface area contributed by atoms with Crippen LogP contribution in [0.3, 0.4) is 0 Å². The first-order valence-corrected chi connectivity index (χ1v) is 5.29. The average Bonchev–Trinajstić information content (AvgIpc) is 2.25. The maximum Gasteiger partial charge on any atom is 0.250 e. The van der Waals surface area contributed by atoms with Gasteiger partial charge in [-0.25, -0.2) is 0 Å². The first-order chi connectivity index (χ1) is 7.65. The first kappa shape index (κ1) is 12.7. The Morgan fingerprint density at radius 2 is 2.19 bits per heavy atom. The van der Waals surface area contributed by atoms with Gasteiger partial charge in [0.1, 0.15) is 6.61 Å². The van der Waals surface area contributed by atoms with Crippen molar-refractivity contribution in [2.24, 2.45) is 5.73 Å². The molecule has 4 heteroatoms. The third kappa shape index (κ3) is 3.64. The number of aryl methyl sites for hydroxylation is 1. The molecule has 0 bridgehead atoms. The van der Waals surface area contributed by atoms with E-state index in [4.69, 9.17) is 10.5 Å². The lowest BCUT2D eigenvalue weighted by Gasteiger charge is -2.10. The Balaban J connectivity index is 2.53. The molecule has 1 aromatic rings. The normalized spacial score (nSPS) is 10.2. The van der Waals surface area contributed by atoms with E-state index in [9.17, 15) is 4.79 Å². The number of nitrogens with two attached hydrogens (primary N) is 1. The molecule has 0 unspecified atom stereocenters. The summed E-state index contributed by atoms with van der Waals surface area (Å²) in [7, 11) is 0. The van der Waals surface area contributed by atoms with Gasteiger partial charge in [0.15, 0.2) is 0 Å². The molecule has 0 saturated heterocycles. The number of carbonyl (C=O) groups excluding carboxylic acids is 1. The summed E-state index contributed by atoms with van der Waals surface area (Å²) in [6.07, 6.45) is 0. The van der Waals surface area contributed by atoms with Crippen molar-refractivity contribution in [3.05, 3.63) is 29.3 Å². The van der Waals surface area contributed by atoms with Gasteiger partial charge in [0, 0.05) is 12.2 Å². The van der Waals surface area contributed by atoms with Crippen LogP contribution in [0.4, 0.5) is 5.69 Å². The van der Waals surface area contributed by atoms with Gasteiger partial charge in [-0.05, 0) is 31.0 Å². The second-order valence-electron chi connectivity index (χ2n) is 3.64. The molecule has 16 heavy (non-hydrogen) atoms. The minimum atomic E-state index is -0.151. The number of hydrogen-bond donors (Lipinski definition) is 2. The average molecular weight is 222 g/mol. The van der Waals surface area contributed by atoms with E-state index in [0.717, 1.165) is 16.8 Å². The van der Waals surface area contributed by atoms with Gasteiger partial charge >= 0.3 is 0 Å². The monoisotopic (exact) mass is 222 g/mol. The predicted octanol–water partition coefficient (Wildman–Crippen LogP) is 1.22. The van der Waals surface area contributed by atoms with Crippen molar-refractivity contribution in [3.8, 4) is 0 Å². The highest BCUT2D eigenvalue weighted by Gasteiger charge is 2.05. The SMILES string of the molecule is Cc1cccc(NC(=O)COCCN)c1C. The standard InChI is InChI=1S/C12H18N2O2/c1-9-4-3-5-11(10(9)2)14-12(15)8-16-7-6-13/h3-5H,6-8,13H2,1-2H3,(H,14,15). The molecule has 4 nitrogen and oxygen atoms in total. The molecule has 1 aromatic carbocycles. The second-order valence-corrected chi connectivity index (χ2v) is 3.64. The fourth-order valence-corrected chi connectivity index (χ4v) is 1.32. The summed E-state index contributed by atoms with van der Waals surface area (Å²) in [5.74, 6) is -0.151. The molecule has 0 aliphatic rings. The summed E-state index contributed by atoms with van der Waals surface area (Å²) in [5, 5.41) is 2.81. The van der Waals surface area contributed by atoms with E-state index < -0.39 is 0 Å². The topological polar surface area (TPSA) is 64.3 Å². The quantitative estimate of drug-likeness (QED) is 0.736. The summed E-state index contributed by atoms with van der Waals surface area (Å²) in [5.41, 5.74) is 8.32. The van der Waals surface area contributed by atoms with Crippen LogP contribution in [-0.4, -0.2) is 25.7 Å². The Morgan fingerprint density at radius 1 is 1.44 bits per heavy atom. The molecular weight excluding hydrogens is 204 g/mol. The third-order valence-electron chi connectivity index (χ3n) is 2.37. The molecule has 0 atom stereocenters. The third-order valence-corrected chi connectivity index (χ3v) is 2.37. The maximum absolute atomic E-state index is 11.5. The van der Waals surface area contributed by atoms with Crippen molar-refractivity contribution in [1.29, 1.82) is 0 Å². The molecule has 0 spiro atoms. The summed E-state index contributed by atoms with van der Waals surface area (Å²) in [6, 6.07) is 5.80. The lowest BCUT2D eigenvalue weighted by Crippen LogP contribution is -2.21. The van der Waals surface area contributed by atoms with Crippen LogP contribution in [-0.2, 0) is 9.53 Å². The van der Waals surface area contributed by atoms with E-state index in [1.165, 1.54) is 0 Å². The molecule has 0 radical (unpaired) electrons. The molecule has 0 heterocycles. The fraction of sp³-hybridized carbons (Fsp3) is 0.417. The lowest BCUT2D eigenvalue weighted by molar-refractivity contribution is -0.120. The van der Waals surface area contributed by atoms with Crippen molar-refractivity contribution in [2.75, 3.05) is 25.1 Å². The van der Waals surface area contributed by atoms with Gasteiger partial charge in [0.25, 0.3) is 0 Å². The van der Waals surface area contributed by atoms with Crippen molar-refractivity contribution in [1.82, 2.24) is 0 Å². The van der Waals surface area contributed by atoms with Crippen LogP contribution >= 0.6 is 0 Å². The number of ether oxygens (including phenoxy) is 1. The summed E-state index contributed by atoms with van der Waals surface area (Å²) in [6.45, 7) is 4.86. The molecule has 88 valence electrons. The predicted molar refractivity (Wildman–Crippen MR) is 64.4 cm³/mol. The molecular formula is C12H18N2O2. The minimum Gasteiger partial charge on any atom is -0.370 e. The van der Waals surface area contributed by atoms with E-state index in [0.29, 0.717) is 13.2 Å². The van der Waals surface area contributed by atoms with Crippen LogP contribution in [0.5, 0.6) is 0 Å². The van der Waals surface area contributed by atoms with Crippen molar-refractivity contribution < 1.29 is 9.53 Å². The Labute approximate surface area is 95.8 Å². The molecule has 0 aliphatic heterocycles. The maximum atomic E-state index is 11.5. The zero-order valence-corrected chi connectivity index (χ0v) is 9.75. The van der Waals surface area contributed by atoms with Crippen LogP contribution < -0.4 is 11.1 Å². The van der Waals surface area contributed by atoms with E-state index in [1.807, 2.05) is 32.0 Å². The molecule has 0 aliphatic carbocycles. The van der Waals surface area contributed by atoms with E-state index in [1.54, 1.807) is 0 Å². The second kappa shape index (κ2) is 6.25. The molecule has 0 fully saturated rings. The highest BCUT2D eigenvalue weighted by atomic mass is 16.5. The van der Waals surface area contributed by atoms with Crippen LogP contribution in [0.2, 0.25) is 0 Å². The van der Waals surface area contributed by atoms with Gasteiger partial charge in [-0.15, -0.1) is 0 Å². The van der Waals surface area contributed by atoms with Gasteiger partial charge in [0.05, 0.1) is 6.61 Å². The number of hydrogen-bond acceptors (Lipinski definition) is 3. The van der Waals surface area contributed by atoms with E-state index in [-0.39, 0.29) is 12.5 Å². The van der Waals surface area contributed by atoms with Crippen LogP contribution in [0.1, 0.15) is 11.1 Å². The Hall–Kier alpha value is -1.39. The molecule has 1 amide bonds. The summed E-state index contributed by atoms with van der Waals surface area (Å²) >= 11 is 0. The van der Waals surface area contributed by atoms with Crippen LogP contribution in [0.15, 0.2) is 18.2 Å². The Bertz CT molecular complexity index is 364. The highest BCUT2D eigenvalue weighted by molar-refractivity contribution is 5.92. The number of benzene rings is 1. The van der Waals surface area contributed by atoms with Crippen molar-refractivity contribution >= 4 is 11.6 Å². The molecule has 3 N–H and O–H groups in total. The lowest BCUT2D eigenvalue weighted by atomic mass is 10.1. The van der Waals surface area contributed by atoms with E-state index in [2.05, 4.69) is 5.32 Å². The number of nitrogens with one attached hydrogen (secondary N) is 1. The number of rotatable bonds is 5. The van der Waals surface area contributed by atoms with Gasteiger partial charge in [-0.2, -0.15) is 0 Å². The van der Waals surface area contributed by atoms with Crippen molar-refractivity contribution in [2.45, 2.75) is 13.8 Å². The van der Waals surface area contributed by atoms with Gasteiger partial charge < -0.3 is 15.8 Å². The van der Waals surface area contributed by atoms with E-state index >= 15 is 0 Å². The van der Waals surface area contributed by atoms with Crippen LogP contribution in [0, 0.1) is 13.8 Å². The molecule has 0 saturated carbocycles. The van der Waals surface area contributed by atoms with Gasteiger partial charge in [-0.3, -0.25) is 4.79 Å². The van der Waals surface area contributed by atoms with Gasteiger partial charge in [-0.1, -0.05) is 12.1 Å². The highest BCUT2D eigenvalue weighted by Crippen LogP contribution is 2.17. The fourth-order valence-electron chi connectivity index (χ4n) is 1.32. The molecule has 0 aromatic heterocycles. The minimum absolute atomic E-state index is 0.0462. The Kier molecular flexibility index (Phi) is 4.95. The Morgan fingerprint density at radius 3 is 2.88 bits per heavy atom. The number of amides is 1. The number of carbonyl (C=O) groups is 1. The summed E-state index contributed by atoms with van der Waals surface area (Å²) in [4.78, 5) is 11.5. The first-order valence-electron chi connectivity index (χ1n) is 5.29. The molecule has 1 rings (SSSR count). The summed E-state index contributed by atoms with van der Waals surface area (Å²) < 4.78 is 5.05. The zero-order valence-electron chi connectivity index (χ0n) is 9.75. The smallest absolute Gasteiger partial charge is 0.250 e. The van der Waals surface area contributed by atoms with Crippen molar-refractivity contribution in [3.63, 3.8) is 0 Å². The van der Waals surface area contributed by atoms with Crippen LogP contribution in [0.25, 0.3) is 0 Å². The largest absolute Gasteiger partial charge is 0.370 e. The number of anilines is 1. The van der Waals surface area contributed by atoms with Gasteiger partial charge in [0.2, 0.25) is 5.91 Å². The zero-order chi connectivity index (χ0) is 12.0.